The lowest BCUT2D eigenvalue weighted by Gasteiger charge is -2.35. The second-order valence-corrected chi connectivity index (χ2v) is 6.66. The quantitative estimate of drug-likeness (QED) is 0.748. The first kappa shape index (κ1) is 14.8. The Balaban J connectivity index is 2.47. The molecule has 1 fully saturated rings. The molecule has 7 heteroatoms. The molecular weight excluding hydrogens is 250 g/mol. The van der Waals surface area contributed by atoms with E-state index in [1.54, 1.807) is 18.9 Å². The summed E-state index contributed by atoms with van der Waals surface area (Å²) in [6.45, 7) is 2.48. The van der Waals surface area contributed by atoms with Crippen molar-refractivity contribution in [2.75, 3.05) is 32.4 Å². The number of hydrogen-bond acceptors (Lipinski definition) is 3. The summed E-state index contributed by atoms with van der Waals surface area (Å²) >= 11 is 0. The second kappa shape index (κ2) is 6.06. The molecule has 0 bridgehead atoms. The van der Waals surface area contributed by atoms with Crippen LogP contribution in [-0.4, -0.2) is 62.5 Å². The first-order chi connectivity index (χ1) is 7.86. The number of likely N-dealkylation sites (tertiary alicyclic amines) is 1. The molecule has 0 aromatic carbocycles. The summed E-state index contributed by atoms with van der Waals surface area (Å²) in [5, 5.41) is 0. The fourth-order valence-corrected chi connectivity index (χ4v) is 3.16. The Labute approximate surface area is 102 Å². The van der Waals surface area contributed by atoms with Gasteiger partial charge in [0.25, 0.3) is 6.43 Å². The first-order valence-electron chi connectivity index (χ1n) is 5.83. The molecule has 1 rings (SSSR count). The third-order valence-corrected chi connectivity index (χ3v) is 5.18. The highest BCUT2D eigenvalue weighted by Crippen LogP contribution is 2.18. The minimum Gasteiger partial charge on any atom is -0.298 e. The average molecular weight is 270 g/mol. The van der Waals surface area contributed by atoms with Gasteiger partial charge in [-0.3, -0.25) is 4.90 Å². The van der Waals surface area contributed by atoms with E-state index in [-0.39, 0.29) is 18.3 Å². The van der Waals surface area contributed by atoms with Crippen LogP contribution in [0.2, 0.25) is 0 Å². The highest BCUT2D eigenvalue weighted by molar-refractivity contribution is 7.89. The van der Waals surface area contributed by atoms with Crippen molar-refractivity contribution in [3.63, 3.8) is 0 Å². The lowest BCUT2D eigenvalue weighted by Crippen LogP contribution is -2.46. The Morgan fingerprint density at radius 2 is 1.88 bits per heavy atom. The van der Waals surface area contributed by atoms with Crippen molar-refractivity contribution in [1.29, 1.82) is 0 Å². The number of piperidine rings is 1. The SMILES string of the molecule is CCS(=O)(=O)N(C)C1CCN(CC(F)F)CC1. The van der Waals surface area contributed by atoms with E-state index in [9.17, 15) is 17.2 Å². The van der Waals surface area contributed by atoms with E-state index in [2.05, 4.69) is 0 Å². The Bertz CT molecular complexity index is 327. The molecule has 0 N–H and O–H groups in total. The predicted molar refractivity (Wildman–Crippen MR) is 62.7 cm³/mol. The third kappa shape index (κ3) is 4.15. The smallest absolute Gasteiger partial charge is 0.251 e. The van der Waals surface area contributed by atoms with Gasteiger partial charge in [0, 0.05) is 13.1 Å². The van der Waals surface area contributed by atoms with E-state index in [1.807, 2.05) is 0 Å². The maximum Gasteiger partial charge on any atom is 0.251 e. The van der Waals surface area contributed by atoms with E-state index in [0.717, 1.165) is 0 Å². The molecule has 0 radical (unpaired) electrons. The Morgan fingerprint density at radius 3 is 2.29 bits per heavy atom. The van der Waals surface area contributed by atoms with E-state index in [1.165, 1.54) is 4.31 Å². The van der Waals surface area contributed by atoms with Crippen molar-refractivity contribution in [2.45, 2.75) is 32.2 Å². The highest BCUT2D eigenvalue weighted by atomic mass is 32.2. The number of nitrogens with zero attached hydrogens (tertiary/aromatic N) is 2. The van der Waals surface area contributed by atoms with E-state index >= 15 is 0 Å². The third-order valence-electron chi connectivity index (χ3n) is 3.27. The monoisotopic (exact) mass is 270 g/mol. The van der Waals surface area contributed by atoms with E-state index in [4.69, 9.17) is 0 Å². The molecule has 0 unspecified atom stereocenters. The van der Waals surface area contributed by atoms with Crippen molar-refractivity contribution in [1.82, 2.24) is 9.21 Å². The largest absolute Gasteiger partial charge is 0.298 e. The zero-order valence-corrected chi connectivity index (χ0v) is 11.1. The molecule has 0 aromatic rings. The van der Waals surface area contributed by atoms with Gasteiger partial charge in [0.1, 0.15) is 0 Å². The average Bonchev–Trinajstić information content (AvgIpc) is 2.28. The van der Waals surface area contributed by atoms with Gasteiger partial charge >= 0.3 is 0 Å². The summed E-state index contributed by atoms with van der Waals surface area (Å²) in [7, 11) is -1.60. The van der Waals surface area contributed by atoms with Crippen molar-refractivity contribution in [2.24, 2.45) is 0 Å². The first-order valence-corrected chi connectivity index (χ1v) is 7.44. The summed E-state index contributed by atoms with van der Waals surface area (Å²) in [6.07, 6.45) is -1.06. The summed E-state index contributed by atoms with van der Waals surface area (Å²) in [5.41, 5.74) is 0. The molecule has 4 nitrogen and oxygen atoms in total. The fourth-order valence-electron chi connectivity index (χ4n) is 2.09. The van der Waals surface area contributed by atoms with Gasteiger partial charge in [-0.05, 0) is 32.9 Å². The van der Waals surface area contributed by atoms with E-state index in [0.29, 0.717) is 25.9 Å². The van der Waals surface area contributed by atoms with Crippen LogP contribution in [0.5, 0.6) is 0 Å². The van der Waals surface area contributed by atoms with Crippen LogP contribution in [0.3, 0.4) is 0 Å². The molecule has 1 heterocycles. The summed E-state index contributed by atoms with van der Waals surface area (Å²) in [5.74, 6) is 0.0841. The molecule has 0 aliphatic carbocycles. The summed E-state index contributed by atoms with van der Waals surface area (Å²) < 4.78 is 49.0. The Kier molecular flexibility index (Phi) is 5.27. The zero-order valence-electron chi connectivity index (χ0n) is 10.3. The van der Waals surface area contributed by atoms with Crippen molar-refractivity contribution >= 4 is 10.0 Å². The minimum absolute atomic E-state index is 0.0473. The molecule has 0 amide bonds. The van der Waals surface area contributed by atoms with Crippen molar-refractivity contribution in [3.8, 4) is 0 Å². The van der Waals surface area contributed by atoms with Crippen LogP contribution in [0.4, 0.5) is 8.78 Å². The number of halogens is 2. The Morgan fingerprint density at radius 1 is 1.35 bits per heavy atom. The van der Waals surface area contributed by atoms with Gasteiger partial charge in [-0.2, -0.15) is 0 Å². The van der Waals surface area contributed by atoms with Gasteiger partial charge in [0.15, 0.2) is 0 Å². The summed E-state index contributed by atoms with van der Waals surface area (Å²) in [4.78, 5) is 1.69. The van der Waals surface area contributed by atoms with Gasteiger partial charge in [-0.25, -0.2) is 21.5 Å². The van der Waals surface area contributed by atoms with E-state index < -0.39 is 16.4 Å². The lowest BCUT2D eigenvalue weighted by atomic mass is 10.1. The maximum atomic E-state index is 12.2. The standard InChI is InChI=1S/C10H20F2N2O2S/c1-3-17(15,16)13(2)9-4-6-14(7-5-9)8-10(11)12/h9-10H,3-8H2,1-2H3. The number of rotatable bonds is 5. The van der Waals surface area contributed by atoms with Crippen LogP contribution < -0.4 is 0 Å². The second-order valence-electron chi connectivity index (χ2n) is 4.34. The highest BCUT2D eigenvalue weighted by Gasteiger charge is 2.29. The molecule has 0 atom stereocenters. The molecule has 0 spiro atoms. The molecule has 1 aliphatic rings. The molecule has 1 saturated heterocycles. The molecule has 102 valence electrons. The van der Waals surface area contributed by atoms with Crippen LogP contribution in [0.15, 0.2) is 0 Å². The molecular formula is C10H20F2N2O2S. The van der Waals surface area contributed by atoms with Crippen LogP contribution in [0.1, 0.15) is 19.8 Å². The van der Waals surface area contributed by atoms with Crippen LogP contribution in [0, 0.1) is 0 Å². The minimum atomic E-state index is -3.17. The normalized spacial score (nSPS) is 20.4. The predicted octanol–water partition coefficient (Wildman–Crippen LogP) is 0.997. The summed E-state index contributed by atoms with van der Waals surface area (Å²) in [6, 6.07) is -0.0473. The fraction of sp³-hybridized carbons (Fsp3) is 1.00. The Hall–Kier alpha value is -0.270. The van der Waals surface area contributed by atoms with Crippen molar-refractivity contribution < 1.29 is 17.2 Å². The van der Waals surface area contributed by atoms with Crippen LogP contribution in [-0.2, 0) is 10.0 Å². The lowest BCUT2D eigenvalue weighted by molar-refractivity contribution is 0.0677. The molecule has 1 aliphatic heterocycles. The number of hydrogen-bond donors (Lipinski definition) is 0. The van der Waals surface area contributed by atoms with Gasteiger partial charge in [-0.1, -0.05) is 0 Å². The van der Waals surface area contributed by atoms with Gasteiger partial charge in [0.05, 0.1) is 12.3 Å². The topological polar surface area (TPSA) is 40.6 Å². The molecule has 0 saturated carbocycles. The van der Waals surface area contributed by atoms with Gasteiger partial charge < -0.3 is 0 Å². The number of alkyl halides is 2. The van der Waals surface area contributed by atoms with Crippen LogP contribution in [0.25, 0.3) is 0 Å². The maximum absolute atomic E-state index is 12.2. The number of sulfonamides is 1. The van der Waals surface area contributed by atoms with Crippen LogP contribution >= 0.6 is 0 Å². The molecule has 0 aromatic heterocycles. The van der Waals surface area contributed by atoms with Gasteiger partial charge in [0.2, 0.25) is 10.0 Å². The van der Waals surface area contributed by atoms with Crippen molar-refractivity contribution in [3.05, 3.63) is 0 Å². The zero-order chi connectivity index (χ0) is 13.1. The molecule has 17 heavy (non-hydrogen) atoms. The van der Waals surface area contributed by atoms with Gasteiger partial charge in [-0.15, -0.1) is 0 Å².